The summed E-state index contributed by atoms with van der Waals surface area (Å²) in [4.78, 5) is 22.0. The molecule has 21 heavy (non-hydrogen) atoms. The van der Waals surface area contributed by atoms with Gasteiger partial charge in [-0.05, 0) is 31.0 Å². The van der Waals surface area contributed by atoms with E-state index in [2.05, 4.69) is 5.32 Å². The summed E-state index contributed by atoms with van der Waals surface area (Å²) in [6, 6.07) is 6.99. The van der Waals surface area contributed by atoms with Gasteiger partial charge >= 0.3 is 5.97 Å². The fourth-order valence-corrected chi connectivity index (χ4v) is 1.66. The van der Waals surface area contributed by atoms with Crippen LogP contribution in [0.3, 0.4) is 0 Å². The number of carbonyl (C=O) groups is 2. The average molecular weight is 295 g/mol. The fraction of sp³-hybridized carbons (Fsp3) is 0.467. The standard InChI is InChI=1S/C15H21NO5/c1-2-20-8-4-7-14(17)16-10-12-5-3-6-13(9-12)21-11-15(18)19/h3,5-6,9H,2,4,7-8,10-11H2,1H3,(H,16,17)(H,18,19). The van der Waals surface area contributed by atoms with Crippen LogP contribution >= 0.6 is 0 Å². The highest BCUT2D eigenvalue weighted by Crippen LogP contribution is 2.13. The third-order valence-corrected chi connectivity index (χ3v) is 2.65. The molecule has 0 aliphatic heterocycles. The lowest BCUT2D eigenvalue weighted by Crippen LogP contribution is -2.22. The Morgan fingerprint density at radius 2 is 2.14 bits per heavy atom. The molecular formula is C15H21NO5. The van der Waals surface area contributed by atoms with Gasteiger partial charge in [-0.15, -0.1) is 0 Å². The highest BCUT2D eigenvalue weighted by atomic mass is 16.5. The highest BCUT2D eigenvalue weighted by molar-refractivity contribution is 5.75. The summed E-state index contributed by atoms with van der Waals surface area (Å²) < 4.78 is 10.2. The summed E-state index contributed by atoms with van der Waals surface area (Å²) in [7, 11) is 0. The zero-order valence-corrected chi connectivity index (χ0v) is 12.1. The van der Waals surface area contributed by atoms with E-state index in [1.165, 1.54) is 0 Å². The Bertz CT molecular complexity index is 461. The number of amides is 1. The maximum atomic E-state index is 11.6. The molecule has 0 aromatic heterocycles. The van der Waals surface area contributed by atoms with Gasteiger partial charge < -0.3 is 19.9 Å². The molecule has 0 radical (unpaired) electrons. The van der Waals surface area contributed by atoms with Crippen molar-refractivity contribution < 1.29 is 24.2 Å². The molecule has 0 saturated heterocycles. The van der Waals surface area contributed by atoms with E-state index in [-0.39, 0.29) is 12.5 Å². The minimum Gasteiger partial charge on any atom is -0.482 e. The van der Waals surface area contributed by atoms with Crippen LogP contribution in [0, 0.1) is 0 Å². The molecular weight excluding hydrogens is 274 g/mol. The van der Waals surface area contributed by atoms with Crippen molar-refractivity contribution in [1.29, 1.82) is 0 Å². The molecule has 0 aliphatic carbocycles. The second-order valence-electron chi connectivity index (χ2n) is 4.41. The number of nitrogens with one attached hydrogen (secondary N) is 1. The van der Waals surface area contributed by atoms with E-state index in [0.29, 0.717) is 38.3 Å². The fourth-order valence-electron chi connectivity index (χ4n) is 1.66. The molecule has 0 saturated carbocycles. The number of hydrogen-bond donors (Lipinski definition) is 2. The maximum Gasteiger partial charge on any atom is 0.341 e. The van der Waals surface area contributed by atoms with Crippen LogP contribution in [0.15, 0.2) is 24.3 Å². The molecule has 116 valence electrons. The molecule has 0 aliphatic rings. The first-order valence-corrected chi connectivity index (χ1v) is 6.89. The van der Waals surface area contributed by atoms with Crippen molar-refractivity contribution in [1.82, 2.24) is 5.32 Å². The van der Waals surface area contributed by atoms with Crippen LogP contribution in [0.2, 0.25) is 0 Å². The normalized spacial score (nSPS) is 10.1. The molecule has 0 heterocycles. The first-order valence-electron chi connectivity index (χ1n) is 6.89. The number of hydrogen-bond acceptors (Lipinski definition) is 4. The first-order chi connectivity index (χ1) is 10.1. The van der Waals surface area contributed by atoms with Crippen LogP contribution in [-0.2, 0) is 20.9 Å². The maximum absolute atomic E-state index is 11.6. The number of carboxylic acid groups (broad SMARTS) is 1. The van der Waals surface area contributed by atoms with Gasteiger partial charge in [-0.1, -0.05) is 12.1 Å². The van der Waals surface area contributed by atoms with E-state index in [1.54, 1.807) is 18.2 Å². The van der Waals surface area contributed by atoms with E-state index in [0.717, 1.165) is 5.56 Å². The van der Waals surface area contributed by atoms with Crippen molar-refractivity contribution in [3.63, 3.8) is 0 Å². The largest absolute Gasteiger partial charge is 0.482 e. The summed E-state index contributed by atoms with van der Waals surface area (Å²) in [5.74, 6) is -0.588. The smallest absolute Gasteiger partial charge is 0.341 e. The van der Waals surface area contributed by atoms with Gasteiger partial charge in [0.1, 0.15) is 5.75 Å². The van der Waals surface area contributed by atoms with Crippen molar-refractivity contribution in [3.05, 3.63) is 29.8 Å². The quantitative estimate of drug-likeness (QED) is 0.640. The van der Waals surface area contributed by atoms with Gasteiger partial charge in [0.05, 0.1) is 0 Å². The van der Waals surface area contributed by atoms with Crippen molar-refractivity contribution in [3.8, 4) is 5.75 Å². The topological polar surface area (TPSA) is 84.9 Å². The van der Waals surface area contributed by atoms with Crippen LogP contribution in [0.25, 0.3) is 0 Å². The molecule has 1 rings (SSSR count). The molecule has 1 aromatic carbocycles. The van der Waals surface area contributed by atoms with Gasteiger partial charge in [-0.25, -0.2) is 4.79 Å². The third-order valence-electron chi connectivity index (χ3n) is 2.65. The van der Waals surface area contributed by atoms with Crippen LogP contribution < -0.4 is 10.1 Å². The van der Waals surface area contributed by atoms with Crippen molar-refractivity contribution in [2.45, 2.75) is 26.3 Å². The predicted octanol–water partition coefficient (Wildman–Crippen LogP) is 1.58. The molecule has 6 heteroatoms. The lowest BCUT2D eigenvalue weighted by molar-refractivity contribution is -0.139. The Morgan fingerprint density at radius 1 is 1.33 bits per heavy atom. The number of carboxylic acids is 1. The Balaban J connectivity index is 2.32. The molecule has 0 fully saturated rings. The minimum atomic E-state index is -1.02. The Kier molecular flexibility index (Phi) is 7.89. The number of carbonyl (C=O) groups excluding carboxylic acids is 1. The molecule has 0 atom stereocenters. The lowest BCUT2D eigenvalue weighted by Gasteiger charge is -2.08. The summed E-state index contributed by atoms with van der Waals surface area (Å²) in [6.07, 6.45) is 1.12. The zero-order chi connectivity index (χ0) is 15.5. The van der Waals surface area contributed by atoms with Crippen LogP contribution in [0.4, 0.5) is 0 Å². The van der Waals surface area contributed by atoms with Gasteiger partial charge in [0.15, 0.2) is 6.61 Å². The molecule has 0 unspecified atom stereocenters. The highest BCUT2D eigenvalue weighted by Gasteiger charge is 2.03. The van der Waals surface area contributed by atoms with E-state index >= 15 is 0 Å². The van der Waals surface area contributed by atoms with E-state index in [1.807, 2.05) is 13.0 Å². The molecule has 0 spiro atoms. The Hall–Kier alpha value is -2.08. The summed E-state index contributed by atoms with van der Waals surface area (Å²) in [5.41, 5.74) is 0.857. The lowest BCUT2D eigenvalue weighted by atomic mass is 10.2. The van der Waals surface area contributed by atoms with Gasteiger partial charge in [0.25, 0.3) is 0 Å². The number of aliphatic carboxylic acids is 1. The number of ether oxygens (including phenoxy) is 2. The van der Waals surface area contributed by atoms with Crippen molar-refractivity contribution in [2.75, 3.05) is 19.8 Å². The van der Waals surface area contributed by atoms with Gasteiger partial charge in [0, 0.05) is 26.2 Å². The SMILES string of the molecule is CCOCCCC(=O)NCc1cccc(OCC(=O)O)c1. The zero-order valence-electron chi connectivity index (χ0n) is 12.1. The summed E-state index contributed by atoms with van der Waals surface area (Å²) in [5, 5.41) is 11.4. The molecule has 0 bridgehead atoms. The van der Waals surface area contributed by atoms with Gasteiger partial charge in [-0.3, -0.25) is 4.79 Å². The Morgan fingerprint density at radius 3 is 2.86 bits per heavy atom. The third kappa shape index (κ3) is 7.94. The van der Waals surface area contributed by atoms with Crippen LogP contribution in [-0.4, -0.2) is 36.8 Å². The second-order valence-corrected chi connectivity index (χ2v) is 4.41. The van der Waals surface area contributed by atoms with Gasteiger partial charge in [0.2, 0.25) is 5.91 Å². The van der Waals surface area contributed by atoms with Crippen molar-refractivity contribution >= 4 is 11.9 Å². The molecule has 2 N–H and O–H groups in total. The summed E-state index contributed by atoms with van der Waals surface area (Å²) in [6.45, 7) is 3.16. The number of rotatable bonds is 10. The minimum absolute atomic E-state index is 0.0356. The average Bonchev–Trinajstić information content (AvgIpc) is 2.48. The van der Waals surface area contributed by atoms with Crippen LogP contribution in [0.1, 0.15) is 25.3 Å². The molecule has 6 nitrogen and oxygen atoms in total. The molecule has 1 amide bonds. The number of benzene rings is 1. The van der Waals surface area contributed by atoms with E-state index < -0.39 is 5.97 Å². The summed E-state index contributed by atoms with van der Waals surface area (Å²) >= 11 is 0. The monoisotopic (exact) mass is 295 g/mol. The Labute approximate surface area is 124 Å². The van der Waals surface area contributed by atoms with Gasteiger partial charge in [-0.2, -0.15) is 0 Å². The molecule has 1 aromatic rings. The van der Waals surface area contributed by atoms with Crippen molar-refractivity contribution in [2.24, 2.45) is 0 Å². The predicted molar refractivity (Wildman–Crippen MR) is 77.1 cm³/mol. The van der Waals surface area contributed by atoms with E-state index in [4.69, 9.17) is 14.6 Å². The second kappa shape index (κ2) is 9.77. The van der Waals surface area contributed by atoms with Crippen LogP contribution in [0.5, 0.6) is 5.75 Å². The van der Waals surface area contributed by atoms with E-state index in [9.17, 15) is 9.59 Å². The first kappa shape index (κ1) is 17.0.